The number of alkyl halides is 3. The van der Waals surface area contributed by atoms with Crippen molar-refractivity contribution in [3.05, 3.63) is 58.5 Å². The Morgan fingerprint density at radius 3 is 2.57 bits per heavy atom. The summed E-state index contributed by atoms with van der Waals surface area (Å²) in [6.07, 6.45) is 3.72. The number of ether oxygens (including phenoxy) is 2. The molecular weight excluding hydrogens is 494 g/mol. The Labute approximate surface area is 199 Å². The Kier molecular flexibility index (Phi) is 9.21. The molecular formula is C22H21F4N3O5S. The van der Waals surface area contributed by atoms with Crippen LogP contribution in [0.15, 0.2) is 30.3 Å². The van der Waals surface area contributed by atoms with Crippen molar-refractivity contribution in [1.82, 2.24) is 10.3 Å². The second kappa shape index (κ2) is 11.7. The monoisotopic (exact) mass is 515 g/mol. The van der Waals surface area contributed by atoms with E-state index in [-0.39, 0.29) is 48.0 Å². The van der Waals surface area contributed by atoms with Gasteiger partial charge in [-0.1, -0.05) is 5.92 Å². The smallest absolute Gasteiger partial charge is 0.433 e. The fourth-order valence-corrected chi connectivity index (χ4v) is 3.23. The average molecular weight is 515 g/mol. The molecule has 2 N–H and O–H groups in total. The minimum Gasteiger partial charge on any atom is -0.475 e. The van der Waals surface area contributed by atoms with Gasteiger partial charge in [-0.3, -0.25) is 9.52 Å². The number of nitrogens with zero attached hydrogens (tertiary/aromatic N) is 1. The molecule has 0 saturated carbocycles. The predicted molar refractivity (Wildman–Crippen MR) is 120 cm³/mol. The SMILES string of the molecule is C#Cc1cc(CNC(=O)/C=C/c2ccc(C(F)(F)F)nc2OCCOC)cc(F)c1NS(C)(=O)=O. The van der Waals surface area contributed by atoms with E-state index in [4.69, 9.17) is 15.9 Å². The summed E-state index contributed by atoms with van der Waals surface area (Å²) >= 11 is 0. The summed E-state index contributed by atoms with van der Waals surface area (Å²) < 4.78 is 88.0. The van der Waals surface area contributed by atoms with Crippen LogP contribution in [0.4, 0.5) is 23.2 Å². The number of benzene rings is 1. The summed E-state index contributed by atoms with van der Waals surface area (Å²) in [7, 11) is -2.38. The Morgan fingerprint density at radius 1 is 1.26 bits per heavy atom. The van der Waals surface area contributed by atoms with Crippen molar-refractivity contribution in [3.63, 3.8) is 0 Å². The molecule has 1 aromatic carbocycles. The molecule has 0 radical (unpaired) electrons. The lowest BCUT2D eigenvalue weighted by Crippen LogP contribution is -2.21. The number of hydrogen-bond acceptors (Lipinski definition) is 6. The zero-order valence-corrected chi connectivity index (χ0v) is 19.4. The zero-order chi connectivity index (χ0) is 26.2. The number of hydrogen-bond donors (Lipinski definition) is 2. The minimum absolute atomic E-state index is 0.0644. The maximum atomic E-state index is 14.4. The van der Waals surface area contributed by atoms with Crippen molar-refractivity contribution in [2.45, 2.75) is 12.7 Å². The number of carbonyl (C=O) groups excluding carboxylic acids is 1. The van der Waals surface area contributed by atoms with E-state index in [0.717, 1.165) is 30.5 Å². The number of methoxy groups -OCH3 is 1. The van der Waals surface area contributed by atoms with Gasteiger partial charge in [0.2, 0.25) is 21.8 Å². The Balaban J connectivity index is 2.15. The van der Waals surface area contributed by atoms with Crippen LogP contribution in [-0.4, -0.2) is 45.9 Å². The lowest BCUT2D eigenvalue weighted by atomic mass is 10.1. The molecule has 0 unspecified atom stereocenters. The molecule has 0 spiro atoms. The number of sulfonamides is 1. The van der Waals surface area contributed by atoms with Gasteiger partial charge in [-0.2, -0.15) is 13.2 Å². The number of halogens is 4. The Hall–Kier alpha value is -3.63. The first-order valence-electron chi connectivity index (χ1n) is 9.76. The summed E-state index contributed by atoms with van der Waals surface area (Å²) in [6.45, 7) is -0.127. The fraction of sp³-hybridized carbons (Fsp3) is 0.273. The van der Waals surface area contributed by atoms with Gasteiger partial charge in [-0.15, -0.1) is 6.42 Å². The number of amides is 1. The van der Waals surface area contributed by atoms with Crippen molar-refractivity contribution < 1.29 is 40.2 Å². The van der Waals surface area contributed by atoms with Crippen LogP contribution in [0.3, 0.4) is 0 Å². The van der Waals surface area contributed by atoms with Crippen LogP contribution >= 0.6 is 0 Å². The molecule has 2 aromatic rings. The highest BCUT2D eigenvalue weighted by molar-refractivity contribution is 7.92. The average Bonchev–Trinajstić information content (AvgIpc) is 2.76. The lowest BCUT2D eigenvalue weighted by molar-refractivity contribution is -0.141. The molecule has 13 heteroatoms. The molecule has 0 saturated heterocycles. The van der Waals surface area contributed by atoms with Gasteiger partial charge >= 0.3 is 6.18 Å². The van der Waals surface area contributed by atoms with Gasteiger partial charge in [-0.25, -0.2) is 17.8 Å². The number of rotatable bonds is 10. The number of anilines is 1. The molecule has 0 aliphatic heterocycles. The standard InChI is InChI=1S/C22H21F4N3O5S/c1-4-15-11-14(12-17(23)20(15)29-35(3,31)32)13-27-19(30)8-6-16-5-7-18(22(24,25)26)28-21(16)34-10-9-33-2/h1,5-8,11-12,29H,9-10,13H2,2-3H3,(H,27,30)/b8-6+. The fourth-order valence-electron chi connectivity index (χ4n) is 2.65. The maximum Gasteiger partial charge on any atom is 0.433 e. The summed E-state index contributed by atoms with van der Waals surface area (Å²) in [5.74, 6) is 0.245. The molecule has 2 rings (SSSR count). The van der Waals surface area contributed by atoms with Crippen molar-refractivity contribution >= 4 is 27.7 Å². The van der Waals surface area contributed by atoms with Crippen LogP contribution in [-0.2, 0) is 32.3 Å². The molecule has 8 nitrogen and oxygen atoms in total. The van der Waals surface area contributed by atoms with E-state index < -0.39 is 33.6 Å². The molecule has 1 aromatic heterocycles. The molecule has 0 atom stereocenters. The van der Waals surface area contributed by atoms with Gasteiger partial charge < -0.3 is 14.8 Å². The minimum atomic E-state index is -4.68. The first-order chi connectivity index (χ1) is 16.3. The third-order valence-corrected chi connectivity index (χ3v) is 4.76. The maximum absolute atomic E-state index is 14.4. The summed E-state index contributed by atoms with van der Waals surface area (Å²) in [5, 5.41) is 2.46. The van der Waals surface area contributed by atoms with Gasteiger partial charge in [0.25, 0.3) is 0 Å². The number of aromatic nitrogens is 1. The predicted octanol–water partition coefficient (Wildman–Crippen LogP) is 2.95. The first kappa shape index (κ1) is 27.6. The molecule has 1 amide bonds. The molecule has 188 valence electrons. The summed E-state index contributed by atoms with van der Waals surface area (Å²) in [5.41, 5.74) is -1.26. The van der Waals surface area contributed by atoms with E-state index in [1.54, 1.807) is 0 Å². The number of carbonyl (C=O) groups is 1. The highest BCUT2D eigenvalue weighted by Crippen LogP contribution is 2.30. The topological polar surface area (TPSA) is 107 Å². The normalized spacial score (nSPS) is 11.8. The van der Waals surface area contributed by atoms with Crippen molar-refractivity contribution in [2.75, 3.05) is 31.3 Å². The molecule has 1 heterocycles. The molecule has 0 aliphatic carbocycles. The third-order valence-electron chi connectivity index (χ3n) is 4.18. The van der Waals surface area contributed by atoms with Crippen LogP contribution < -0.4 is 14.8 Å². The molecule has 0 bridgehead atoms. The van der Waals surface area contributed by atoms with Gasteiger partial charge in [0.15, 0.2) is 0 Å². The van der Waals surface area contributed by atoms with Gasteiger partial charge in [0.05, 0.1) is 24.1 Å². The largest absolute Gasteiger partial charge is 0.475 e. The molecule has 0 aliphatic rings. The highest BCUT2D eigenvalue weighted by Gasteiger charge is 2.33. The second-order valence-corrected chi connectivity index (χ2v) is 8.75. The van der Waals surface area contributed by atoms with Crippen LogP contribution in [0.2, 0.25) is 0 Å². The van der Waals surface area contributed by atoms with Crippen LogP contribution in [0, 0.1) is 18.2 Å². The summed E-state index contributed by atoms with van der Waals surface area (Å²) in [4.78, 5) is 15.7. The third kappa shape index (κ3) is 8.58. The molecule has 0 fully saturated rings. The van der Waals surface area contributed by atoms with Crippen LogP contribution in [0.5, 0.6) is 5.88 Å². The van der Waals surface area contributed by atoms with E-state index >= 15 is 0 Å². The van der Waals surface area contributed by atoms with E-state index in [1.165, 1.54) is 19.3 Å². The quantitative estimate of drug-likeness (QED) is 0.218. The van der Waals surface area contributed by atoms with Gasteiger partial charge in [-0.05, 0) is 35.9 Å². The van der Waals surface area contributed by atoms with E-state index in [2.05, 4.69) is 16.2 Å². The summed E-state index contributed by atoms with van der Waals surface area (Å²) in [6, 6.07) is 4.17. The molecule has 35 heavy (non-hydrogen) atoms. The van der Waals surface area contributed by atoms with Crippen LogP contribution in [0.1, 0.15) is 22.4 Å². The number of terminal acetylenes is 1. The zero-order valence-electron chi connectivity index (χ0n) is 18.6. The first-order valence-corrected chi connectivity index (χ1v) is 11.7. The number of pyridine rings is 1. The number of nitrogens with one attached hydrogen (secondary N) is 2. The lowest BCUT2D eigenvalue weighted by Gasteiger charge is -2.12. The van der Waals surface area contributed by atoms with E-state index in [9.17, 15) is 30.8 Å². The Morgan fingerprint density at radius 2 is 1.97 bits per heavy atom. The van der Waals surface area contributed by atoms with Crippen LogP contribution in [0.25, 0.3) is 6.08 Å². The van der Waals surface area contributed by atoms with E-state index in [0.29, 0.717) is 0 Å². The van der Waals surface area contributed by atoms with Crippen molar-refractivity contribution in [1.29, 1.82) is 0 Å². The highest BCUT2D eigenvalue weighted by atomic mass is 32.2. The Bertz CT molecular complexity index is 1250. The second-order valence-electron chi connectivity index (χ2n) is 7.00. The van der Waals surface area contributed by atoms with Crippen molar-refractivity contribution in [2.24, 2.45) is 0 Å². The van der Waals surface area contributed by atoms with Crippen molar-refractivity contribution in [3.8, 4) is 18.2 Å². The van der Waals surface area contributed by atoms with Gasteiger partial charge in [0.1, 0.15) is 18.1 Å². The van der Waals surface area contributed by atoms with E-state index in [1.807, 2.05) is 4.72 Å². The van der Waals surface area contributed by atoms with Gasteiger partial charge in [0, 0.05) is 25.3 Å².